The minimum Gasteiger partial charge on any atom is -0.465 e. The maximum atomic E-state index is 12.9. The Morgan fingerprint density at radius 2 is 1.91 bits per heavy atom. The molecule has 0 aliphatic heterocycles. The summed E-state index contributed by atoms with van der Waals surface area (Å²) in [4.78, 5) is 12.0. The molecule has 0 spiro atoms. The Bertz CT molecular complexity index is 972. The number of alkyl halides is 3. The Morgan fingerprint density at radius 1 is 1.16 bits per heavy atom. The first-order valence-corrected chi connectivity index (χ1v) is 11.2. The van der Waals surface area contributed by atoms with Crippen LogP contribution in [0.5, 0.6) is 0 Å². The number of ether oxygens (including phenoxy) is 1. The Hall–Kier alpha value is -2.34. The first kappa shape index (κ1) is 22.8. The van der Waals surface area contributed by atoms with Crippen LogP contribution in [0.3, 0.4) is 0 Å². The average Bonchev–Trinajstić information content (AvgIpc) is 2.78. The van der Waals surface area contributed by atoms with E-state index >= 15 is 0 Å². The smallest absolute Gasteiger partial charge is 0.389 e. The summed E-state index contributed by atoms with van der Waals surface area (Å²) in [7, 11) is 1.36. The molecule has 3 nitrogen and oxygen atoms in total. The summed E-state index contributed by atoms with van der Waals surface area (Å²) < 4.78 is 43.4. The third-order valence-electron chi connectivity index (χ3n) is 7.51. The van der Waals surface area contributed by atoms with Gasteiger partial charge in [0, 0.05) is 11.8 Å². The first-order chi connectivity index (χ1) is 15.1. The van der Waals surface area contributed by atoms with Crippen molar-refractivity contribution in [2.45, 2.75) is 68.6 Å². The molecular weight excluding hydrogens is 417 g/mol. The molecule has 0 saturated heterocycles. The van der Waals surface area contributed by atoms with E-state index in [0.717, 1.165) is 30.4 Å². The third-order valence-corrected chi connectivity index (χ3v) is 7.51. The van der Waals surface area contributed by atoms with Gasteiger partial charge in [-0.2, -0.15) is 13.2 Å². The van der Waals surface area contributed by atoms with Gasteiger partial charge >= 0.3 is 12.1 Å². The van der Waals surface area contributed by atoms with Crippen molar-refractivity contribution in [1.29, 1.82) is 0 Å². The van der Waals surface area contributed by atoms with Crippen molar-refractivity contribution in [1.82, 2.24) is 0 Å². The van der Waals surface area contributed by atoms with Gasteiger partial charge in [-0.05, 0) is 79.7 Å². The van der Waals surface area contributed by atoms with Gasteiger partial charge in [-0.15, -0.1) is 0 Å². The van der Waals surface area contributed by atoms with Crippen molar-refractivity contribution in [3.05, 3.63) is 70.8 Å². The number of rotatable bonds is 5. The van der Waals surface area contributed by atoms with Crippen molar-refractivity contribution in [2.24, 2.45) is 5.92 Å². The number of fused-ring (bicyclic) bond motifs is 3. The van der Waals surface area contributed by atoms with E-state index in [4.69, 9.17) is 4.74 Å². The van der Waals surface area contributed by atoms with E-state index in [0.29, 0.717) is 24.8 Å². The zero-order valence-electron chi connectivity index (χ0n) is 18.3. The van der Waals surface area contributed by atoms with Gasteiger partial charge in [-0.3, -0.25) is 0 Å². The molecule has 3 atom stereocenters. The summed E-state index contributed by atoms with van der Waals surface area (Å²) in [6.07, 6.45) is -1.88. The lowest BCUT2D eigenvalue weighted by Gasteiger charge is -2.53. The predicted molar refractivity (Wildman–Crippen MR) is 116 cm³/mol. The lowest BCUT2D eigenvalue weighted by atomic mass is 9.52. The van der Waals surface area contributed by atoms with Gasteiger partial charge < -0.3 is 9.84 Å². The van der Waals surface area contributed by atoms with E-state index in [1.807, 2.05) is 30.3 Å². The molecule has 0 unspecified atom stereocenters. The molecule has 2 aliphatic rings. The van der Waals surface area contributed by atoms with Gasteiger partial charge in [0.15, 0.2) is 0 Å². The number of benzene rings is 2. The number of methoxy groups -OCH3 is 1. The zero-order chi connectivity index (χ0) is 23.0. The Labute approximate surface area is 186 Å². The van der Waals surface area contributed by atoms with Crippen molar-refractivity contribution < 1.29 is 27.8 Å². The van der Waals surface area contributed by atoms with E-state index in [9.17, 15) is 23.1 Å². The van der Waals surface area contributed by atoms with E-state index in [1.54, 1.807) is 6.07 Å². The lowest BCUT2D eigenvalue weighted by molar-refractivity contribution is -0.153. The van der Waals surface area contributed by atoms with Gasteiger partial charge in [0.2, 0.25) is 0 Å². The molecule has 32 heavy (non-hydrogen) atoms. The van der Waals surface area contributed by atoms with Gasteiger partial charge in [0.1, 0.15) is 0 Å². The minimum absolute atomic E-state index is 0.0752. The molecular formula is C26H29F3O3. The number of esters is 1. The number of hydrogen-bond donors (Lipinski definition) is 1. The monoisotopic (exact) mass is 446 g/mol. The number of aryl methyl sites for hydroxylation is 1. The number of halogens is 3. The number of carbonyl (C=O) groups is 1. The van der Waals surface area contributed by atoms with Crippen LogP contribution in [0.15, 0.2) is 48.5 Å². The average molecular weight is 447 g/mol. The van der Waals surface area contributed by atoms with E-state index in [2.05, 4.69) is 12.1 Å². The number of aliphatic hydroxyl groups is 1. The molecule has 6 heteroatoms. The topological polar surface area (TPSA) is 46.5 Å². The Morgan fingerprint density at radius 3 is 2.59 bits per heavy atom. The molecule has 0 amide bonds. The van der Waals surface area contributed by atoms with Gasteiger partial charge in [0.05, 0.1) is 18.3 Å². The van der Waals surface area contributed by atoms with Crippen molar-refractivity contribution in [3.63, 3.8) is 0 Å². The molecule has 1 fully saturated rings. The molecule has 2 aromatic rings. The summed E-state index contributed by atoms with van der Waals surface area (Å²) in [6, 6.07) is 15.8. The maximum absolute atomic E-state index is 12.9. The van der Waals surface area contributed by atoms with E-state index < -0.39 is 18.2 Å². The summed E-state index contributed by atoms with van der Waals surface area (Å²) in [5.41, 5.74) is 2.38. The Balaban J connectivity index is 1.70. The second-order valence-corrected chi connectivity index (χ2v) is 9.46. The van der Waals surface area contributed by atoms with Crippen molar-refractivity contribution in [2.75, 3.05) is 7.11 Å². The fraction of sp³-hybridized carbons (Fsp3) is 0.500. The third kappa shape index (κ3) is 4.56. The van der Waals surface area contributed by atoms with Crippen LogP contribution in [0.1, 0.15) is 65.6 Å². The molecule has 1 saturated carbocycles. The molecule has 172 valence electrons. The first-order valence-electron chi connectivity index (χ1n) is 11.2. The normalized spacial score (nSPS) is 27.3. The van der Waals surface area contributed by atoms with Gasteiger partial charge in [-0.1, -0.05) is 36.4 Å². The summed E-state index contributed by atoms with van der Waals surface area (Å²) in [5, 5.41) is 11.1. The fourth-order valence-electron chi connectivity index (χ4n) is 5.90. The van der Waals surface area contributed by atoms with Crippen LogP contribution in [-0.4, -0.2) is 30.0 Å². The highest BCUT2D eigenvalue weighted by atomic mass is 19.4. The SMILES string of the molecule is COC(=O)c1ccc2c(c1)CC[C@@H]1C[C@@](O)(CCC(F)(F)F)CC[C@@]21Cc1ccccc1. The molecule has 1 N–H and O–H groups in total. The van der Waals surface area contributed by atoms with E-state index in [-0.39, 0.29) is 23.7 Å². The Kier molecular flexibility index (Phi) is 6.10. The van der Waals surface area contributed by atoms with Crippen molar-refractivity contribution >= 4 is 5.97 Å². The van der Waals surface area contributed by atoms with E-state index in [1.165, 1.54) is 12.7 Å². The fourth-order valence-corrected chi connectivity index (χ4v) is 5.90. The molecule has 0 bridgehead atoms. The van der Waals surface area contributed by atoms with Crippen LogP contribution >= 0.6 is 0 Å². The molecule has 2 aliphatic carbocycles. The molecule has 0 aromatic heterocycles. The van der Waals surface area contributed by atoms with Gasteiger partial charge in [-0.25, -0.2) is 4.79 Å². The van der Waals surface area contributed by atoms with Gasteiger partial charge in [0.25, 0.3) is 0 Å². The summed E-state index contributed by atoms with van der Waals surface area (Å²) >= 11 is 0. The second-order valence-electron chi connectivity index (χ2n) is 9.46. The van der Waals surface area contributed by atoms with Crippen LogP contribution in [0.25, 0.3) is 0 Å². The van der Waals surface area contributed by atoms with Crippen LogP contribution in [0.4, 0.5) is 13.2 Å². The summed E-state index contributed by atoms with van der Waals surface area (Å²) in [6.45, 7) is 0. The second kappa shape index (κ2) is 8.54. The maximum Gasteiger partial charge on any atom is 0.389 e. The predicted octanol–water partition coefficient (Wildman–Crippen LogP) is 5.77. The number of carbonyl (C=O) groups excluding carboxylic acids is 1. The highest BCUT2D eigenvalue weighted by molar-refractivity contribution is 5.89. The molecule has 0 radical (unpaired) electrons. The number of hydrogen-bond acceptors (Lipinski definition) is 3. The quantitative estimate of drug-likeness (QED) is 0.593. The van der Waals surface area contributed by atoms with Crippen molar-refractivity contribution in [3.8, 4) is 0 Å². The van der Waals surface area contributed by atoms with Crippen LogP contribution < -0.4 is 0 Å². The highest BCUT2D eigenvalue weighted by Crippen LogP contribution is 2.55. The van der Waals surface area contributed by atoms with Crippen LogP contribution in [0.2, 0.25) is 0 Å². The highest BCUT2D eigenvalue weighted by Gasteiger charge is 2.52. The van der Waals surface area contributed by atoms with Crippen LogP contribution in [-0.2, 0) is 23.0 Å². The lowest BCUT2D eigenvalue weighted by Crippen LogP contribution is -2.51. The zero-order valence-corrected chi connectivity index (χ0v) is 18.3. The standard InChI is InChI=1S/C26H29F3O3/c1-32-23(30)20-8-10-22-19(15-20)7-9-21-17-24(31,12-14-26(27,28)29)11-13-25(21,22)16-18-5-3-2-4-6-18/h2-6,8,10,15,21,31H,7,9,11-14,16-17H2,1H3/t21-,24+,25+/m1/s1. The summed E-state index contributed by atoms with van der Waals surface area (Å²) in [5.74, 6) is -0.302. The molecule has 0 heterocycles. The largest absolute Gasteiger partial charge is 0.465 e. The minimum atomic E-state index is -4.27. The molecule has 2 aromatic carbocycles. The van der Waals surface area contributed by atoms with Crippen LogP contribution in [0, 0.1) is 5.92 Å². The molecule has 4 rings (SSSR count).